The van der Waals surface area contributed by atoms with Crippen molar-refractivity contribution in [1.82, 2.24) is 9.97 Å². The second-order valence-corrected chi connectivity index (χ2v) is 4.03. The molecule has 1 unspecified atom stereocenters. The molecule has 1 aromatic rings. The molecule has 1 aromatic heterocycles. The van der Waals surface area contributed by atoms with Gasteiger partial charge in [-0.3, -0.25) is 0 Å². The zero-order valence-corrected chi connectivity index (χ0v) is 8.83. The third-order valence-electron chi connectivity index (χ3n) is 2.11. The highest BCUT2D eigenvalue weighted by molar-refractivity contribution is 9.10. The van der Waals surface area contributed by atoms with Gasteiger partial charge in [0.15, 0.2) is 5.82 Å². The first-order valence-corrected chi connectivity index (χ1v) is 5.24. The maximum atomic E-state index is 5.56. The Morgan fingerprint density at radius 1 is 1.31 bits per heavy atom. The summed E-state index contributed by atoms with van der Waals surface area (Å²) in [7, 11) is 0. The van der Waals surface area contributed by atoms with Crippen molar-refractivity contribution in [2.24, 2.45) is 0 Å². The molecule has 0 amide bonds. The SMILES string of the molecule is Brc1cnc(C2CCCCO2)nc1. The fourth-order valence-corrected chi connectivity index (χ4v) is 1.64. The summed E-state index contributed by atoms with van der Waals surface area (Å²) in [6.45, 7) is 0.837. The van der Waals surface area contributed by atoms with Gasteiger partial charge in [0.2, 0.25) is 0 Å². The average molecular weight is 243 g/mol. The Bertz CT molecular complexity index is 269. The van der Waals surface area contributed by atoms with Crippen LogP contribution in [0.4, 0.5) is 0 Å². The van der Waals surface area contributed by atoms with Gasteiger partial charge in [0.05, 0.1) is 4.47 Å². The van der Waals surface area contributed by atoms with E-state index in [2.05, 4.69) is 25.9 Å². The molecule has 0 radical (unpaired) electrons. The summed E-state index contributed by atoms with van der Waals surface area (Å²) >= 11 is 3.30. The van der Waals surface area contributed by atoms with Crippen LogP contribution in [-0.4, -0.2) is 16.6 Å². The Morgan fingerprint density at radius 3 is 2.69 bits per heavy atom. The van der Waals surface area contributed by atoms with Gasteiger partial charge in [-0.05, 0) is 35.2 Å². The average Bonchev–Trinajstić information content (AvgIpc) is 2.20. The molecule has 1 aliphatic heterocycles. The smallest absolute Gasteiger partial charge is 0.157 e. The van der Waals surface area contributed by atoms with Crippen LogP contribution in [0.15, 0.2) is 16.9 Å². The molecule has 0 bridgehead atoms. The predicted octanol–water partition coefficient (Wildman–Crippen LogP) is 2.48. The summed E-state index contributed by atoms with van der Waals surface area (Å²) in [5.74, 6) is 0.808. The molecule has 1 saturated heterocycles. The van der Waals surface area contributed by atoms with E-state index in [0.29, 0.717) is 0 Å². The van der Waals surface area contributed by atoms with Gasteiger partial charge in [0, 0.05) is 19.0 Å². The van der Waals surface area contributed by atoms with Gasteiger partial charge in [-0.15, -0.1) is 0 Å². The van der Waals surface area contributed by atoms with Crippen LogP contribution < -0.4 is 0 Å². The summed E-state index contributed by atoms with van der Waals surface area (Å²) in [5, 5.41) is 0. The van der Waals surface area contributed by atoms with Crippen molar-refractivity contribution in [3.05, 3.63) is 22.7 Å². The van der Waals surface area contributed by atoms with E-state index in [1.807, 2.05) is 0 Å². The second-order valence-electron chi connectivity index (χ2n) is 3.11. The second kappa shape index (κ2) is 4.15. The van der Waals surface area contributed by atoms with E-state index in [-0.39, 0.29) is 6.10 Å². The van der Waals surface area contributed by atoms with Crippen LogP contribution in [0.5, 0.6) is 0 Å². The molecule has 0 saturated carbocycles. The lowest BCUT2D eigenvalue weighted by atomic mass is 10.1. The normalized spacial score (nSPS) is 23.0. The third-order valence-corrected chi connectivity index (χ3v) is 2.52. The summed E-state index contributed by atoms with van der Waals surface area (Å²) < 4.78 is 6.47. The third kappa shape index (κ3) is 2.25. The molecule has 0 N–H and O–H groups in total. The fraction of sp³-hybridized carbons (Fsp3) is 0.556. The van der Waals surface area contributed by atoms with Crippen LogP contribution in [0.1, 0.15) is 31.2 Å². The monoisotopic (exact) mass is 242 g/mol. The van der Waals surface area contributed by atoms with Gasteiger partial charge in [-0.1, -0.05) is 0 Å². The minimum atomic E-state index is 0.113. The molecular formula is C9H11BrN2O. The molecule has 1 fully saturated rings. The Labute approximate surface area is 85.7 Å². The van der Waals surface area contributed by atoms with Gasteiger partial charge in [0.1, 0.15) is 6.10 Å². The number of halogens is 1. The van der Waals surface area contributed by atoms with E-state index in [9.17, 15) is 0 Å². The number of hydrogen-bond donors (Lipinski definition) is 0. The largest absolute Gasteiger partial charge is 0.370 e. The van der Waals surface area contributed by atoms with Gasteiger partial charge < -0.3 is 4.74 Å². The first-order chi connectivity index (χ1) is 6.36. The lowest BCUT2D eigenvalue weighted by Crippen LogP contribution is -2.14. The van der Waals surface area contributed by atoms with Gasteiger partial charge in [-0.25, -0.2) is 9.97 Å². The molecule has 4 heteroatoms. The molecule has 1 atom stereocenters. The predicted molar refractivity (Wildman–Crippen MR) is 52.3 cm³/mol. The molecule has 2 rings (SSSR count). The first kappa shape index (κ1) is 9.09. The zero-order chi connectivity index (χ0) is 9.10. The molecule has 0 aliphatic carbocycles. The lowest BCUT2D eigenvalue weighted by molar-refractivity contribution is 0.00941. The van der Waals surface area contributed by atoms with Gasteiger partial charge >= 0.3 is 0 Å². The van der Waals surface area contributed by atoms with Crippen LogP contribution >= 0.6 is 15.9 Å². The highest BCUT2D eigenvalue weighted by atomic mass is 79.9. The maximum absolute atomic E-state index is 5.56. The van der Waals surface area contributed by atoms with Crippen molar-refractivity contribution >= 4 is 15.9 Å². The lowest BCUT2D eigenvalue weighted by Gasteiger charge is -2.20. The Kier molecular flexibility index (Phi) is 2.90. The highest BCUT2D eigenvalue weighted by Gasteiger charge is 2.17. The van der Waals surface area contributed by atoms with Crippen molar-refractivity contribution in [3.8, 4) is 0 Å². The zero-order valence-electron chi connectivity index (χ0n) is 7.24. The van der Waals surface area contributed by atoms with Crippen molar-refractivity contribution in [2.75, 3.05) is 6.61 Å². The number of rotatable bonds is 1. The molecule has 3 nitrogen and oxygen atoms in total. The topological polar surface area (TPSA) is 35.0 Å². The summed E-state index contributed by atoms with van der Waals surface area (Å²) in [6, 6.07) is 0. The Hall–Kier alpha value is -0.480. The van der Waals surface area contributed by atoms with Crippen LogP contribution in [0, 0.1) is 0 Å². The van der Waals surface area contributed by atoms with Crippen LogP contribution in [0.3, 0.4) is 0 Å². The standard InChI is InChI=1S/C9H11BrN2O/c10-7-5-11-9(12-6-7)8-3-1-2-4-13-8/h5-6,8H,1-4H2. The molecule has 2 heterocycles. The number of ether oxygens (including phenoxy) is 1. The minimum absolute atomic E-state index is 0.113. The summed E-state index contributed by atoms with van der Waals surface area (Å²) in [5.41, 5.74) is 0. The van der Waals surface area contributed by atoms with E-state index >= 15 is 0 Å². The van der Waals surface area contributed by atoms with Gasteiger partial charge in [-0.2, -0.15) is 0 Å². The quantitative estimate of drug-likeness (QED) is 0.760. The van der Waals surface area contributed by atoms with E-state index in [0.717, 1.165) is 29.7 Å². The molecule has 1 aliphatic rings. The minimum Gasteiger partial charge on any atom is -0.370 e. The molecule has 13 heavy (non-hydrogen) atoms. The van der Waals surface area contributed by atoms with Gasteiger partial charge in [0.25, 0.3) is 0 Å². The van der Waals surface area contributed by atoms with Crippen molar-refractivity contribution in [3.63, 3.8) is 0 Å². The van der Waals surface area contributed by atoms with E-state index < -0.39 is 0 Å². The number of nitrogens with zero attached hydrogens (tertiary/aromatic N) is 2. The molecule has 70 valence electrons. The molecular weight excluding hydrogens is 232 g/mol. The molecule has 0 spiro atoms. The van der Waals surface area contributed by atoms with Crippen LogP contribution in [0.2, 0.25) is 0 Å². The van der Waals surface area contributed by atoms with Crippen molar-refractivity contribution < 1.29 is 4.74 Å². The van der Waals surface area contributed by atoms with E-state index in [1.54, 1.807) is 12.4 Å². The summed E-state index contributed by atoms with van der Waals surface area (Å²) in [6.07, 6.45) is 7.06. The fourth-order valence-electron chi connectivity index (χ4n) is 1.43. The number of hydrogen-bond acceptors (Lipinski definition) is 3. The Balaban J connectivity index is 2.10. The van der Waals surface area contributed by atoms with Crippen LogP contribution in [0.25, 0.3) is 0 Å². The van der Waals surface area contributed by atoms with Crippen LogP contribution in [-0.2, 0) is 4.74 Å². The van der Waals surface area contributed by atoms with Crippen molar-refractivity contribution in [2.45, 2.75) is 25.4 Å². The van der Waals surface area contributed by atoms with E-state index in [4.69, 9.17) is 4.74 Å². The summed E-state index contributed by atoms with van der Waals surface area (Å²) in [4.78, 5) is 8.44. The Morgan fingerprint density at radius 2 is 2.08 bits per heavy atom. The molecule has 0 aromatic carbocycles. The number of aromatic nitrogens is 2. The maximum Gasteiger partial charge on any atom is 0.157 e. The van der Waals surface area contributed by atoms with E-state index in [1.165, 1.54) is 6.42 Å². The first-order valence-electron chi connectivity index (χ1n) is 4.45. The highest BCUT2D eigenvalue weighted by Crippen LogP contribution is 2.25. The van der Waals surface area contributed by atoms with Crippen molar-refractivity contribution in [1.29, 1.82) is 0 Å².